The molecule has 0 spiro atoms. The minimum Gasteiger partial charge on any atom is -0.455 e. The largest absolute Gasteiger partial charge is 0.455 e. The van der Waals surface area contributed by atoms with Gasteiger partial charge in [0.1, 0.15) is 16.9 Å². The summed E-state index contributed by atoms with van der Waals surface area (Å²) in [5.74, 6) is -0.464. The number of halogens is 1. The Hall–Kier alpha value is -4.00. The van der Waals surface area contributed by atoms with Crippen molar-refractivity contribution in [1.82, 2.24) is 5.32 Å². The number of benzene rings is 3. The van der Waals surface area contributed by atoms with E-state index < -0.39 is 11.8 Å². The molecule has 5 nitrogen and oxygen atoms in total. The third-order valence-electron chi connectivity index (χ3n) is 5.90. The molecular weight excluding hydrogens is 468 g/mol. The van der Waals surface area contributed by atoms with Gasteiger partial charge in [-0.3, -0.25) is 19.8 Å². The summed E-state index contributed by atoms with van der Waals surface area (Å²) in [5, 5.41) is 6.01. The van der Waals surface area contributed by atoms with Crippen LogP contribution in [0.5, 0.6) is 0 Å². The van der Waals surface area contributed by atoms with E-state index in [4.69, 9.17) is 28.2 Å². The number of carbonyl (C=O) groups is 2. The Labute approximate surface area is 204 Å². The monoisotopic (exact) mass is 482 g/mol. The first-order valence-corrected chi connectivity index (χ1v) is 11.3. The van der Waals surface area contributed by atoms with Gasteiger partial charge in [-0.05, 0) is 65.5 Å². The van der Waals surface area contributed by atoms with Crippen LogP contribution >= 0.6 is 23.8 Å². The van der Waals surface area contributed by atoms with Crippen LogP contribution in [0, 0.1) is 0 Å². The second-order valence-corrected chi connectivity index (χ2v) is 8.74. The third-order valence-corrected chi connectivity index (χ3v) is 6.44. The van der Waals surface area contributed by atoms with Gasteiger partial charge in [0.25, 0.3) is 11.8 Å². The van der Waals surface area contributed by atoms with E-state index in [9.17, 15) is 9.59 Å². The molecule has 1 saturated heterocycles. The number of amides is 2. The van der Waals surface area contributed by atoms with Crippen LogP contribution in [0.15, 0.2) is 88.9 Å². The van der Waals surface area contributed by atoms with Crippen molar-refractivity contribution in [3.05, 3.63) is 95.0 Å². The lowest BCUT2D eigenvalue weighted by Gasteiger charge is -2.29. The standard InChI is InChI=1S/C27H15ClN2O3S/c28-16-9-11-17(12-10-16)30-26(32)22(25(31)29-27(30)34)14-21-19-7-3-2-6-18(19)20-13-15-5-1-4-8-23(15)33-24(20)21/h1-14H,(H,29,31,34). The van der Waals surface area contributed by atoms with Crippen molar-refractivity contribution in [1.29, 1.82) is 0 Å². The first-order valence-electron chi connectivity index (χ1n) is 10.5. The van der Waals surface area contributed by atoms with Crippen LogP contribution in [0.4, 0.5) is 5.69 Å². The second kappa shape index (κ2) is 7.80. The number of nitrogens with one attached hydrogen (secondary N) is 1. The molecule has 1 aliphatic carbocycles. The van der Waals surface area contributed by atoms with Gasteiger partial charge < -0.3 is 4.42 Å². The Morgan fingerprint density at radius 3 is 2.41 bits per heavy atom. The molecule has 3 aromatic carbocycles. The molecule has 7 heteroatoms. The molecule has 34 heavy (non-hydrogen) atoms. The van der Waals surface area contributed by atoms with Gasteiger partial charge in [0, 0.05) is 21.5 Å². The van der Waals surface area contributed by atoms with Crippen molar-refractivity contribution < 1.29 is 14.0 Å². The Balaban J connectivity index is 1.57. The molecule has 0 atom stereocenters. The quantitative estimate of drug-likeness (QED) is 0.185. The molecule has 2 aliphatic heterocycles. The summed E-state index contributed by atoms with van der Waals surface area (Å²) >= 11 is 11.3. The molecule has 164 valence electrons. The van der Waals surface area contributed by atoms with Crippen LogP contribution in [0.1, 0.15) is 5.56 Å². The highest BCUT2D eigenvalue weighted by Crippen LogP contribution is 2.42. The maximum atomic E-state index is 13.5. The number of para-hydroxylation sites is 1. The van der Waals surface area contributed by atoms with Gasteiger partial charge >= 0.3 is 0 Å². The van der Waals surface area contributed by atoms with Crippen LogP contribution in [-0.4, -0.2) is 16.9 Å². The van der Waals surface area contributed by atoms with E-state index in [1.165, 1.54) is 4.90 Å². The van der Waals surface area contributed by atoms with E-state index in [2.05, 4.69) is 11.4 Å². The second-order valence-electron chi connectivity index (χ2n) is 7.92. The normalized spacial score (nSPS) is 15.6. The summed E-state index contributed by atoms with van der Waals surface area (Å²) in [5.41, 5.74) is 2.77. The Morgan fingerprint density at radius 1 is 0.912 bits per heavy atom. The van der Waals surface area contributed by atoms with Crippen LogP contribution < -0.4 is 10.2 Å². The zero-order chi connectivity index (χ0) is 23.4. The predicted molar refractivity (Wildman–Crippen MR) is 138 cm³/mol. The maximum Gasteiger partial charge on any atom is 0.270 e. The average Bonchev–Trinajstić information content (AvgIpc) is 3.14. The number of hydrogen-bond acceptors (Lipinski definition) is 4. The number of thiocarbonyl (C=S) groups is 1. The van der Waals surface area contributed by atoms with E-state index in [1.54, 1.807) is 30.3 Å². The fraction of sp³-hybridized carbons (Fsp3) is 0. The van der Waals surface area contributed by atoms with E-state index in [0.29, 0.717) is 27.6 Å². The van der Waals surface area contributed by atoms with Gasteiger partial charge in [-0.1, -0.05) is 54.1 Å². The van der Waals surface area contributed by atoms with E-state index in [0.717, 1.165) is 21.7 Å². The van der Waals surface area contributed by atoms with E-state index in [-0.39, 0.29) is 10.7 Å². The van der Waals surface area contributed by atoms with Crippen LogP contribution in [0.3, 0.4) is 0 Å². The molecule has 1 fully saturated rings. The molecule has 2 heterocycles. The molecule has 3 aliphatic rings. The summed E-state index contributed by atoms with van der Waals surface area (Å²) < 4.78 is 6.28. The lowest BCUT2D eigenvalue weighted by atomic mass is 10.1. The number of carbonyl (C=O) groups excluding carboxylic acids is 2. The van der Waals surface area contributed by atoms with Gasteiger partial charge in [-0.25, -0.2) is 0 Å². The zero-order valence-electron chi connectivity index (χ0n) is 17.5. The lowest BCUT2D eigenvalue weighted by Crippen LogP contribution is -2.54. The summed E-state index contributed by atoms with van der Waals surface area (Å²) in [7, 11) is 0. The van der Waals surface area contributed by atoms with Crippen molar-refractivity contribution >= 4 is 74.3 Å². The van der Waals surface area contributed by atoms with Gasteiger partial charge in [0.05, 0.1) is 5.69 Å². The highest BCUT2D eigenvalue weighted by Gasteiger charge is 2.35. The molecule has 0 radical (unpaired) electrons. The van der Waals surface area contributed by atoms with Crippen molar-refractivity contribution in [3.8, 4) is 11.3 Å². The molecule has 0 bridgehead atoms. The number of anilines is 1. The topological polar surface area (TPSA) is 62.6 Å². The van der Waals surface area contributed by atoms with Gasteiger partial charge in [0.15, 0.2) is 5.11 Å². The molecule has 2 amide bonds. The molecule has 3 aromatic rings. The number of rotatable bonds is 2. The smallest absolute Gasteiger partial charge is 0.270 e. The number of fused-ring (bicyclic) bond motifs is 4. The average molecular weight is 483 g/mol. The fourth-order valence-electron chi connectivity index (χ4n) is 4.32. The number of hydrogen-bond donors (Lipinski definition) is 1. The van der Waals surface area contributed by atoms with Gasteiger partial charge in [0.2, 0.25) is 0 Å². The van der Waals surface area contributed by atoms with Gasteiger partial charge in [-0.2, -0.15) is 0 Å². The lowest BCUT2D eigenvalue weighted by molar-refractivity contribution is -0.122. The Morgan fingerprint density at radius 2 is 1.62 bits per heavy atom. The van der Waals surface area contributed by atoms with Crippen LogP contribution in [0.25, 0.3) is 39.1 Å². The molecule has 0 unspecified atom stereocenters. The molecule has 0 saturated carbocycles. The van der Waals surface area contributed by atoms with Gasteiger partial charge in [-0.15, -0.1) is 0 Å². The Bertz CT molecular complexity index is 1650. The first-order chi connectivity index (χ1) is 16.5. The highest BCUT2D eigenvalue weighted by molar-refractivity contribution is 7.80. The summed E-state index contributed by atoms with van der Waals surface area (Å²) in [6.45, 7) is 0. The van der Waals surface area contributed by atoms with E-state index >= 15 is 0 Å². The molecule has 6 rings (SSSR count). The summed E-state index contributed by atoms with van der Waals surface area (Å²) in [6.07, 6.45) is 1.59. The molecule has 1 N–H and O–H groups in total. The molecular formula is C27H15ClN2O3S. The minimum atomic E-state index is -0.556. The zero-order valence-corrected chi connectivity index (χ0v) is 19.1. The van der Waals surface area contributed by atoms with Crippen molar-refractivity contribution in [3.63, 3.8) is 0 Å². The van der Waals surface area contributed by atoms with E-state index in [1.807, 2.05) is 48.5 Å². The number of nitrogens with zero attached hydrogens (tertiary/aromatic N) is 1. The van der Waals surface area contributed by atoms with Crippen molar-refractivity contribution in [2.75, 3.05) is 4.90 Å². The van der Waals surface area contributed by atoms with Crippen LogP contribution in [0.2, 0.25) is 5.02 Å². The highest BCUT2D eigenvalue weighted by atomic mass is 35.5. The fourth-order valence-corrected chi connectivity index (χ4v) is 4.73. The molecule has 0 aromatic heterocycles. The SMILES string of the molecule is O=C1NC(=S)N(c2ccc(Cl)cc2)C(=O)C1=Cc1c2oc3ccccc3cc-2c2ccccc12. The van der Waals surface area contributed by atoms with Crippen molar-refractivity contribution in [2.45, 2.75) is 0 Å². The first kappa shape index (κ1) is 20.6. The maximum absolute atomic E-state index is 13.5. The van der Waals surface area contributed by atoms with Crippen molar-refractivity contribution in [2.24, 2.45) is 0 Å². The summed E-state index contributed by atoms with van der Waals surface area (Å²) in [6, 6.07) is 24.3. The minimum absolute atomic E-state index is 0.0161. The summed E-state index contributed by atoms with van der Waals surface area (Å²) in [4.78, 5) is 27.7. The third kappa shape index (κ3) is 3.19. The predicted octanol–water partition coefficient (Wildman–Crippen LogP) is 6.18. The van der Waals surface area contributed by atoms with Crippen LogP contribution in [-0.2, 0) is 9.59 Å². The Kier molecular flexibility index (Phi) is 4.72.